The molecular formula is C16H16O5. The first kappa shape index (κ1) is 16.2. The van der Waals surface area contributed by atoms with Gasteiger partial charge in [0.25, 0.3) is 0 Å². The van der Waals surface area contributed by atoms with Crippen LogP contribution in [0.5, 0.6) is 5.75 Å². The van der Waals surface area contributed by atoms with Gasteiger partial charge >= 0.3 is 11.9 Å². The molecule has 0 amide bonds. The van der Waals surface area contributed by atoms with Crippen LogP contribution < -0.4 is 0 Å². The van der Waals surface area contributed by atoms with E-state index in [2.05, 4.69) is 0 Å². The Bertz CT molecular complexity index is 634. The zero-order valence-electron chi connectivity index (χ0n) is 11.5. The van der Waals surface area contributed by atoms with Crippen LogP contribution >= 0.6 is 0 Å². The molecule has 0 saturated heterocycles. The summed E-state index contributed by atoms with van der Waals surface area (Å²) in [6.07, 6.45) is 0.766. The second-order valence-electron chi connectivity index (χ2n) is 4.14. The van der Waals surface area contributed by atoms with E-state index in [1.165, 1.54) is 12.1 Å². The van der Waals surface area contributed by atoms with Gasteiger partial charge in [0.2, 0.25) is 0 Å². The van der Waals surface area contributed by atoms with Crippen LogP contribution in [0.3, 0.4) is 0 Å². The number of aromatic hydroxyl groups is 1. The summed E-state index contributed by atoms with van der Waals surface area (Å²) < 4.78 is 0. The van der Waals surface area contributed by atoms with E-state index >= 15 is 0 Å². The maximum Gasteiger partial charge on any atom is 0.339 e. The standard InChI is InChI=1S/C9H10O2.C7H6O3/c1-2-7-5-3-4-6-8(7)9(10)11;8-6-4-2-1-3-5(6)7(9)10/h3-6H,2H2,1H3,(H,10,11);1-4,8H,(H,9,10). The van der Waals surface area contributed by atoms with Crippen molar-refractivity contribution in [2.75, 3.05) is 0 Å². The minimum atomic E-state index is -1.11. The monoisotopic (exact) mass is 288 g/mol. The fourth-order valence-corrected chi connectivity index (χ4v) is 1.69. The maximum atomic E-state index is 10.6. The summed E-state index contributed by atoms with van der Waals surface area (Å²) in [5, 5.41) is 26.0. The number of carbonyl (C=O) groups is 2. The third kappa shape index (κ3) is 4.65. The normalized spacial score (nSPS) is 9.38. The molecule has 110 valence electrons. The predicted octanol–water partition coefficient (Wildman–Crippen LogP) is 3.04. The topological polar surface area (TPSA) is 94.8 Å². The molecule has 0 heterocycles. The highest BCUT2D eigenvalue weighted by atomic mass is 16.4. The summed E-state index contributed by atoms with van der Waals surface area (Å²) >= 11 is 0. The van der Waals surface area contributed by atoms with Crippen LogP contribution in [0.1, 0.15) is 33.2 Å². The van der Waals surface area contributed by atoms with Crippen LogP contribution in [0.15, 0.2) is 48.5 Å². The number of carboxylic acids is 2. The number of aromatic carboxylic acids is 2. The number of benzene rings is 2. The van der Waals surface area contributed by atoms with Crippen molar-refractivity contribution in [1.29, 1.82) is 0 Å². The lowest BCUT2D eigenvalue weighted by molar-refractivity contribution is 0.0683. The van der Waals surface area contributed by atoms with Gasteiger partial charge in [-0.2, -0.15) is 0 Å². The molecule has 2 aromatic rings. The first-order valence-electron chi connectivity index (χ1n) is 6.29. The van der Waals surface area contributed by atoms with Gasteiger partial charge in [-0.25, -0.2) is 9.59 Å². The molecule has 0 fully saturated rings. The van der Waals surface area contributed by atoms with E-state index in [0.29, 0.717) is 5.56 Å². The molecule has 0 saturated carbocycles. The Morgan fingerprint density at radius 2 is 1.33 bits per heavy atom. The van der Waals surface area contributed by atoms with Gasteiger partial charge in [0, 0.05) is 0 Å². The van der Waals surface area contributed by atoms with Crippen molar-refractivity contribution in [1.82, 2.24) is 0 Å². The summed E-state index contributed by atoms with van der Waals surface area (Å²) in [5.74, 6) is -2.16. The van der Waals surface area contributed by atoms with Crippen LogP contribution in [0.2, 0.25) is 0 Å². The average molecular weight is 288 g/mol. The van der Waals surface area contributed by atoms with Crippen LogP contribution in [0, 0.1) is 0 Å². The zero-order chi connectivity index (χ0) is 15.8. The molecule has 2 aromatic carbocycles. The van der Waals surface area contributed by atoms with Gasteiger partial charge in [-0.3, -0.25) is 0 Å². The number of rotatable bonds is 3. The lowest BCUT2D eigenvalue weighted by Gasteiger charge is -2.00. The fourth-order valence-electron chi connectivity index (χ4n) is 1.69. The molecule has 0 spiro atoms. The molecule has 0 aliphatic rings. The molecular weight excluding hydrogens is 272 g/mol. The zero-order valence-corrected chi connectivity index (χ0v) is 11.5. The van der Waals surface area contributed by atoms with E-state index in [4.69, 9.17) is 15.3 Å². The molecule has 0 atom stereocenters. The maximum absolute atomic E-state index is 10.6. The average Bonchev–Trinajstić information content (AvgIpc) is 2.48. The van der Waals surface area contributed by atoms with E-state index in [1.54, 1.807) is 24.3 Å². The molecule has 2 rings (SSSR count). The first-order valence-corrected chi connectivity index (χ1v) is 6.29. The van der Waals surface area contributed by atoms with Gasteiger partial charge in [-0.05, 0) is 30.2 Å². The van der Waals surface area contributed by atoms with Gasteiger partial charge in [-0.1, -0.05) is 37.3 Å². The summed E-state index contributed by atoms with van der Waals surface area (Å²) in [6.45, 7) is 1.95. The molecule has 0 aliphatic heterocycles. The lowest BCUT2D eigenvalue weighted by atomic mass is 10.1. The minimum absolute atomic E-state index is 0.0671. The van der Waals surface area contributed by atoms with Gasteiger partial charge in [-0.15, -0.1) is 0 Å². The van der Waals surface area contributed by atoms with Crippen LogP contribution in [-0.2, 0) is 6.42 Å². The van der Waals surface area contributed by atoms with E-state index in [1.807, 2.05) is 19.1 Å². The third-order valence-corrected chi connectivity index (χ3v) is 2.76. The second kappa shape index (κ2) is 7.69. The van der Waals surface area contributed by atoms with Crippen LogP contribution in [0.25, 0.3) is 0 Å². The van der Waals surface area contributed by atoms with Crippen LogP contribution in [0.4, 0.5) is 0 Å². The Balaban J connectivity index is 0.000000211. The van der Waals surface area contributed by atoms with Crippen molar-refractivity contribution in [2.24, 2.45) is 0 Å². The quantitative estimate of drug-likeness (QED) is 0.807. The van der Waals surface area contributed by atoms with E-state index in [9.17, 15) is 9.59 Å². The minimum Gasteiger partial charge on any atom is -0.507 e. The Hall–Kier alpha value is -2.82. The van der Waals surface area contributed by atoms with E-state index in [0.717, 1.165) is 12.0 Å². The van der Waals surface area contributed by atoms with Crippen molar-refractivity contribution in [2.45, 2.75) is 13.3 Å². The van der Waals surface area contributed by atoms with Crippen molar-refractivity contribution in [3.8, 4) is 5.75 Å². The number of aryl methyl sites for hydroxylation is 1. The smallest absolute Gasteiger partial charge is 0.339 e. The highest BCUT2D eigenvalue weighted by molar-refractivity contribution is 5.90. The van der Waals surface area contributed by atoms with E-state index < -0.39 is 11.9 Å². The Labute approximate surface area is 122 Å². The highest BCUT2D eigenvalue weighted by Gasteiger charge is 2.06. The Kier molecular flexibility index (Phi) is 5.95. The number of carboxylic acid groups (broad SMARTS) is 2. The van der Waals surface area contributed by atoms with Gasteiger partial charge < -0.3 is 15.3 Å². The van der Waals surface area contributed by atoms with Crippen molar-refractivity contribution in [3.63, 3.8) is 0 Å². The SMILES string of the molecule is CCc1ccccc1C(=O)O.O=C(O)c1ccccc1O. The first-order chi connectivity index (χ1) is 9.97. The van der Waals surface area contributed by atoms with Crippen LogP contribution in [-0.4, -0.2) is 27.3 Å². The number of hydrogen-bond acceptors (Lipinski definition) is 3. The summed E-state index contributed by atoms with van der Waals surface area (Å²) in [4.78, 5) is 20.8. The van der Waals surface area contributed by atoms with Gasteiger partial charge in [0.1, 0.15) is 11.3 Å². The molecule has 0 aliphatic carbocycles. The molecule has 0 aromatic heterocycles. The number of hydrogen-bond donors (Lipinski definition) is 3. The molecule has 21 heavy (non-hydrogen) atoms. The Morgan fingerprint density at radius 3 is 1.71 bits per heavy atom. The fraction of sp³-hybridized carbons (Fsp3) is 0.125. The van der Waals surface area contributed by atoms with Gasteiger partial charge in [0.15, 0.2) is 0 Å². The summed E-state index contributed by atoms with van der Waals surface area (Å²) in [6, 6.07) is 12.9. The predicted molar refractivity (Wildman–Crippen MR) is 77.8 cm³/mol. The highest BCUT2D eigenvalue weighted by Crippen LogP contribution is 2.14. The molecule has 0 bridgehead atoms. The van der Waals surface area contributed by atoms with E-state index in [-0.39, 0.29) is 11.3 Å². The molecule has 5 nitrogen and oxygen atoms in total. The van der Waals surface area contributed by atoms with Crippen molar-refractivity contribution in [3.05, 3.63) is 65.2 Å². The second-order valence-corrected chi connectivity index (χ2v) is 4.14. The van der Waals surface area contributed by atoms with Crippen molar-refractivity contribution < 1.29 is 24.9 Å². The van der Waals surface area contributed by atoms with Gasteiger partial charge in [0.05, 0.1) is 5.56 Å². The number of phenols is 1. The molecule has 0 radical (unpaired) electrons. The Morgan fingerprint density at radius 1 is 0.857 bits per heavy atom. The molecule has 5 heteroatoms. The molecule has 3 N–H and O–H groups in total. The van der Waals surface area contributed by atoms with Crippen molar-refractivity contribution >= 4 is 11.9 Å². The summed E-state index contributed by atoms with van der Waals surface area (Å²) in [7, 11) is 0. The third-order valence-electron chi connectivity index (χ3n) is 2.76. The largest absolute Gasteiger partial charge is 0.507 e. The summed E-state index contributed by atoms with van der Waals surface area (Å²) in [5.41, 5.74) is 1.23. The lowest BCUT2D eigenvalue weighted by Crippen LogP contribution is -2.00. The molecule has 0 unspecified atom stereocenters. The number of para-hydroxylation sites is 1.